The highest BCUT2D eigenvalue weighted by Gasteiger charge is 2.34. The number of rotatable bonds is 5. The molecule has 35 heavy (non-hydrogen) atoms. The van der Waals surface area contributed by atoms with E-state index in [9.17, 15) is 17.9 Å². The minimum atomic E-state index is -3.67. The molecule has 0 spiro atoms. The highest BCUT2D eigenvalue weighted by Crippen LogP contribution is 2.32. The Hall–Kier alpha value is -2.73. The minimum Gasteiger partial charge on any atom is -0.493 e. The highest BCUT2D eigenvalue weighted by atomic mass is 32.2. The molecule has 9 nitrogen and oxygen atoms in total. The van der Waals surface area contributed by atoms with Crippen LogP contribution in [0.25, 0.3) is 11.0 Å². The van der Waals surface area contributed by atoms with Gasteiger partial charge in [-0.3, -0.25) is 9.45 Å². The Kier molecular flexibility index (Phi) is 7.90. The van der Waals surface area contributed by atoms with Gasteiger partial charge in [-0.15, -0.1) is 0 Å². The lowest BCUT2D eigenvalue weighted by atomic mass is 9.91. The number of piperazine rings is 1. The van der Waals surface area contributed by atoms with Crippen LogP contribution in [0.3, 0.4) is 0 Å². The Balaban J connectivity index is 0.000000527. The molecule has 2 N–H and O–H groups in total. The maximum Gasteiger partial charge on any atom is 0.261 e. The van der Waals surface area contributed by atoms with Crippen molar-refractivity contribution >= 4 is 26.9 Å². The van der Waals surface area contributed by atoms with E-state index in [1.807, 2.05) is 24.3 Å². The van der Waals surface area contributed by atoms with Crippen LogP contribution in [-0.4, -0.2) is 73.2 Å². The van der Waals surface area contributed by atoms with Crippen molar-refractivity contribution in [3.63, 3.8) is 0 Å². The van der Waals surface area contributed by atoms with Crippen LogP contribution in [0.4, 0.5) is 10.2 Å². The molecule has 2 atom stereocenters. The average Bonchev–Trinajstić information content (AvgIpc) is 3.24. The Bertz CT molecular complexity index is 1240. The number of aromatic nitrogens is 1. The summed E-state index contributed by atoms with van der Waals surface area (Å²) in [6.07, 6.45) is 2.93. The number of aliphatic hydroxyl groups excluding tert-OH is 1. The molecular formula is C24H30FN3O6S. The predicted octanol–water partition coefficient (Wildman–Crippen LogP) is 2.94. The number of piperidine rings is 1. The third-order valence-electron chi connectivity index (χ3n) is 6.28. The molecule has 2 aliphatic rings. The van der Waals surface area contributed by atoms with Crippen molar-refractivity contribution in [2.75, 3.05) is 43.9 Å². The number of ether oxygens (including phenoxy) is 1. The normalized spacial score (nSPS) is 20.7. The first-order valence-electron chi connectivity index (χ1n) is 11.5. The van der Waals surface area contributed by atoms with Crippen molar-refractivity contribution in [1.82, 2.24) is 10.1 Å². The van der Waals surface area contributed by atoms with Crippen LogP contribution in [0.5, 0.6) is 5.75 Å². The zero-order valence-electron chi connectivity index (χ0n) is 19.5. The highest BCUT2D eigenvalue weighted by molar-refractivity contribution is 7.85. The van der Waals surface area contributed by atoms with Crippen LogP contribution in [0.15, 0.2) is 47.0 Å². The van der Waals surface area contributed by atoms with Gasteiger partial charge in [0.25, 0.3) is 10.1 Å². The molecular weight excluding hydrogens is 477 g/mol. The second-order valence-corrected chi connectivity index (χ2v) is 10.5. The van der Waals surface area contributed by atoms with E-state index in [1.54, 1.807) is 6.07 Å². The zero-order valence-corrected chi connectivity index (χ0v) is 20.3. The van der Waals surface area contributed by atoms with Gasteiger partial charge in [-0.1, -0.05) is 17.3 Å². The van der Waals surface area contributed by atoms with Gasteiger partial charge in [0.15, 0.2) is 11.4 Å². The Labute approximate surface area is 203 Å². The predicted molar refractivity (Wildman–Crippen MR) is 130 cm³/mol. The second kappa shape index (κ2) is 10.9. The summed E-state index contributed by atoms with van der Waals surface area (Å²) in [5.74, 6) is 1.79. The van der Waals surface area contributed by atoms with E-state index in [0.717, 1.165) is 61.5 Å². The number of benzene rings is 2. The van der Waals surface area contributed by atoms with Crippen molar-refractivity contribution < 1.29 is 31.7 Å². The second-order valence-electron chi connectivity index (χ2n) is 9.03. The number of anilines is 1. The van der Waals surface area contributed by atoms with Crippen LogP contribution in [0.2, 0.25) is 0 Å². The van der Waals surface area contributed by atoms with Crippen molar-refractivity contribution in [3.8, 4) is 5.75 Å². The maximum atomic E-state index is 13.7. The topological polar surface area (TPSA) is 116 Å². The molecule has 3 aromatic rings. The molecule has 2 saturated heterocycles. The number of fused-ring (bicyclic) bond motifs is 2. The molecule has 11 heteroatoms. The fourth-order valence-electron chi connectivity index (χ4n) is 4.66. The lowest BCUT2D eigenvalue weighted by Crippen LogP contribution is -2.57. The summed E-state index contributed by atoms with van der Waals surface area (Å²) in [6.45, 7) is 4.41. The summed E-state index contributed by atoms with van der Waals surface area (Å²) in [5.41, 5.74) is 1.49. The summed E-state index contributed by atoms with van der Waals surface area (Å²) in [4.78, 5) is 4.77. The van der Waals surface area contributed by atoms with Gasteiger partial charge in [0.05, 0.1) is 24.9 Å². The molecule has 2 aliphatic heterocycles. The molecule has 0 radical (unpaired) electrons. The molecule has 0 unspecified atom stereocenters. The molecule has 2 fully saturated rings. The van der Waals surface area contributed by atoms with E-state index in [4.69, 9.17) is 13.8 Å². The largest absolute Gasteiger partial charge is 0.493 e. The summed E-state index contributed by atoms with van der Waals surface area (Å²) in [6, 6.07) is 12.7. The Morgan fingerprint density at radius 1 is 1.17 bits per heavy atom. The van der Waals surface area contributed by atoms with E-state index in [2.05, 4.69) is 15.0 Å². The standard InChI is InChI=1S/C23H26FN3O3.CH4O3S/c24-18-5-7-22-21(11-18)23(25-30-22)27-9-8-26-12-17(4-6-19(26)13-27)15-29-20-3-1-2-16(10-20)14-28;1-5(2,3)4/h1-3,5,7,10-11,17,19,28H,4,6,8-9,12-15H2;1H3,(H,2,3,4)/t17-,19+;/m1./s1. The molecule has 190 valence electrons. The number of hydrogen-bond acceptors (Lipinski definition) is 8. The van der Waals surface area contributed by atoms with Crippen LogP contribution < -0.4 is 9.64 Å². The van der Waals surface area contributed by atoms with Crippen LogP contribution in [-0.2, 0) is 16.7 Å². The first kappa shape index (κ1) is 25.4. The summed E-state index contributed by atoms with van der Waals surface area (Å²) in [7, 11) is -3.67. The van der Waals surface area contributed by atoms with Crippen molar-refractivity contribution in [3.05, 3.63) is 53.8 Å². The first-order valence-corrected chi connectivity index (χ1v) is 13.3. The van der Waals surface area contributed by atoms with Crippen LogP contribution in [0.1, 0.15) is 18.4 Å². The molecule has 3 heterocycles. The van der Waals surface area contributed by atoms with Gasteiger partial charge in [-0.25, -0.2) is 4.39 Å². The zero-order chi connectivity index (χ0) is 25.0. The number of halogens is 1. The van der Waals surface area contributed by atoms with Gasteiger partial charge in [-0.05, 0) is 48.7 Å². The Morgan fingerprint density at radius 2 is 1.97 bits per heavy atom. The van der Waals surface area contributed by atoms with E-state index < -0.39 is 10.1 Å². The lowest BCUT2D eigenvalue weighted by Gasteiger charge is -2.46. The molecule has 0 bridgehead atoms. The molecule has 5 rings (SSSR count). The van der Waals surface area contributed by atoms with Gasteiger partial charge in [0.2, 0.25) is 0 Å². The van der Waals surface area contributed by atoms with Crippen LogP contribution >= 0.6 is 0 Å². The summed E-state index contributed by atoms with van der Waals surface area (Å²) < 4.78 is 51.0. The molecule has 0 amide bonds. The van der Waals surface area contributed by atoms with Gasteiger partial charge in [0, 0.05) is 38.1 Å². The summed E-state index contributed by atoms with van der Waals surface area (Å²) >= 11 is 0. The third-order valence-corrected chi connectivity index (χ3v) is 6.28. The smallest absolute Gasteiger partial charge is 0.261 e. The number of aliphatic hydroxyl groups is 1. The lowest BCUT2D eigenvalue weighted by molar-refractivity contribution is 0.0726. The molecule has 1 aromatic heterocycles. The van der Waals surface area contributed by atoms with Gasteiger partial charge in [0.1, 0.15) is 11.6 Å². The van der Waals surface area contributed by atoms with Gasteiger partial charge in [-0.2, -0.15) is 8.42 Å². The Morgan fingerprint density at radius 3 is 2.74 bits per heavy atom. The molecule has 0 aliphatic carbocycles. The van der Waals surface area contributed by atoms with Gasteiger partial charge >= 0.3 is 0 Å². The molecule has 0 saturated carbocycles. The summed E-state index contributed by atoms with van der Waals surface area (Å²) in [5, 5.41) is 14.2. The van der Waals surface area contributed by atoms with Gasteiger partial charge < -0.3 is 19.3 Å². The van der Waals surface area contributed by atoms with Crippen molar-refractivity contribution in [2.24, 2.45) is 5.92 Å². The van der Waals surface area contributed by atoms with E-state index in [0.29, 0.717) is 30.4 Å². The average molecular weight is 508 g/mol. The van der Waals surface area contributed by atoms with E-state index in [1.165, 1.54) is 12.1 Å². The van der Waals surface area contributed by atoms with Crippen molar-refractivity contribution in [1.29, 1.82) is 0 Å². The third kappa shape index (κ3) is 6.91. The molecule has 2 aromatic carbocycles. The quantitative estimate of drug-likeness (QED) is 0.503. The number of hydrogen-bond donors (Lipinski definition) is 2. The van der Waals surface area contributed by atoms with E-state index >= 15 is 0 Å². The minimum absolute atomic E-state index is 0.0278. The monoisotopic (exact) mass is 507 g/mol. The van der Waals surface area contributed by atoms with Crippen LogP contribution in [0, 0.1) is 11.7 Å². The maximum absolute atomic E-state index is 13.7. The van der Waals surface area contributed by atoms with E-state index in [-0.39, 0.29) is 12.4 Å². The van der Waals surface area contributed by atoms with Crippen molar-refractivity contribution in [2.45, 2.75) is 25.5 Å². The first-order chi connectivity index (χ1) is 16.7. The number of nitrogens with zero attached hydrogens (tertiary/aromatic N) is 3. The fourth-order valence-corrected chi connectivity index (χ4v) is 4.66. The fraction of sp³-hybridized carbons (Fsp3) is 0.458. The SMILES string of the molecule is CS(=O)(=O)O.OCc1cccc(OC[C@@H]2CC[C@H]3CN(c4noc5ccc(F)cc45)CCN3C2)c1.